The zero-order chi connectivity index (χ0) is 23.6. The van der Waals surface area contributed by atoms with E-state index in [1.165, 1.54) is 22.9 Å². The maximum atomic E-state index is 13.3. The fourth-order valence-corrected chi connectivity index (χ4v) is 5.86. The predicted octanol–water partition coefficient (Wildman–Crippen LogP) is 1.74. The Bertz CT molecular complexity index is 1120. The standard InChI is InChI=1S/C22H29N7O3S/c1-16-12-27(22(30)29(13-16)19-4-2-3-18(11-19)21(23)24)14-17-6-9-28(10-7-17)33(31,32)20-5-8-25-15-26-20/h2-5,8,11,15-17H,6-7,9-10,12-14H2,1H3,(H3,23,24). The van der Waals surface area contributed by atoms with Gasteiger partial charge in [-0.3, -0.25) is 10.3 Å². The van der Waals surface area contributed by atoms with Gasteiger partial charge in [0.25, 0.3) is 10.0 Å². The van der Waals surface area contributed by atoms with Crippen LogP contribution in [0, 0.1) is 17.2 Å². The molecule has 176 valence electrons. The molecule has 1 unspecified atom stereocenters. The van der Waals surface area contributed by atoms with Crippen molar-refractivity contribution in [1.82, 2.24) is 19.2 Å². The fourth-order valence-electron chi connectivity index (χ4n) is 4.49. The normalized spacial score (nSPS) is 20.8. The summed E-state index contributed by atoms with van der Waals surface area (Å²) in [7, 11) is -3.63. The number of amidine groups is 1. The molecule has 2 saturated heterocycles. The molecule has 1 aromatic carbocycles. The van der Waals surface area contributed by atoms with Crippen molar-refractivity contribution in [3.8, 4) is 0 Å². The van der Waals surface area contributed by atoms with Gasteiger partial charge in [0.05, 0.1) is 0 Å². The smallest absolute Gasteiger partial charge is 0.324 e. The second-order valence-electron chi connectivity index (χ2n) is 8.76. The molecule has 2 aliphatic rings. The number of nitrogens with zero attached hydrogens (tertiary/aromatic N) is 5. The molecular weight excluding hydrogens is 442 g/mol. The zero-order valence-electron chi connectivity index (χ0n) is 18.6. The number of piperidine rings is 1. The van der Waals surface area contributed by atoms with Crippen LogP contribution in [0.3, 0.4) is 0 Å². The van der Waals surface area contributed by atoms with Crippen molar-refractivity contribution >= 4 is 27.6 Å². The van der Waals surface area contributed by atoms with E-state index in [2.05, 4.69) is 16.9 Å². The number of nitrogens with one attached hydrogen (secondary N) is 1. The monoisotopic (exact) mass is 471 g/mol. The molecule has 0 saturated carbocycles. The van der Waals surface area contributed by atoms with Crippen molar-refractivity contribution in [3.05, 3.63) is 48.4 Å². The summed E-state index contributed by atoms with van der Waals surface area (Å²) in [5.41, 5.74) is 6.94. The zero-order valence-corrected chi connectivity index (χ0v) is 19.4. The van der Waals surface area contributed by atoms with E-state index < -0.39 is 10.0 Å². The number of anilines is 1. The maximum absolute atomic E-state index is 13.3. The quantitative estimate of drug-likeness (QED) is 0.374. The Balaban J connectivity index is 1.41. The molecule has 2 fully saturated rings. The third-order valence-electron chi connectivity index (χ3n) is 6.21. The lowest BCUT2D eigenvalue weighted by atomic mass is 9.96. The summed E-state index contributed by atoms with van der Waals surface area (Å²) >= 11 is 0. The Morgan fingerprint density at radius 3 is 2.64 bits per heavy atom. The van der Waals surface area contributed by atoms with Crippen LogP contribution in [0.25, 0.3) is 0 Å². The molecule has 0 radical (unpaired) electrons. The topological polar surface area (TPSA) is 137 Å². The van der Waals surface area contributed by atoms with E-state index >= 15 is 0 Å². The Labute approximate surface area is 194 Å². The number of aromatic nitrogens is 2. The van der Waals surface area contributed by atoms with Crippen LogP contribution in [-0.2, 0) is 10.0 Å². The number of amides is 2. The molecule has 33 heavy (non-hydrogen) atoms. The SMILES string of the molecule is CC1CN(CC2CCN(S(=O)(=O)c3ccncn3)CC2)C(=O)N(c2cccc(C(=N)N)c2)C1. The molecular formula is C22H29N7O3S. The highest BCUT2D eigenvalue weighted by Crippen LogP contribution is 2.27. The highest BCUT2D eigenvalue weighted by Gasteiger charge is 2.35. The van der Waals surface area contributed by atoms with Crippen LogP contribution in [0.1, 0.15) is 25.3 Å². The van der Waals surface area contributed by atoms with Crippen molar-refractivity contribution in [3.63, 3.8) is 0 Å². The predicted molar refractivity (Wildman–Crippen MR) is 124 cm³/mol. The average Bonchev–Trinajstić information content (AvgIpc) is 2.82. The van der Waals surface area contributed by atoms with Gasteiger partial charge in [-0.2, -0.15) is 4.31 Å². The van der Waals surface area contributed by atoms with Gasteiger partial charge < -0.3 is 10.6 Å². The molecule has 2 aliphatic heterocycles. The largest absolute Gasteiger partial charge is 0.384 e. The first-order chi connectivity index (χ1) is 15.8. The second kappa shape index (κ2) is 9.44. The first kappa shape index (κ1) is 23.1. The van der Waals surface area contributed by atoms with Crippen LogP contribution < -0.4 is 10.6 Å². The lowest BCUT2D eigenvalue weighted by Gasteiger charge is -2.41. The molecule has 2 aromatic rings. The number of carbonyl (C=O) groups excluding carboxylic acids is 1. The van der Waals surface area contributed by atoms with Crippen molar-refractivity contribution in [2.75, 3.05) is 37.6 Å². The Kier molecular flexibility index (Phi) is 6.61. The fraction of sp³-hybridized carbons (Fsp3) is 0.455. The van der Waals surface area contributed by atoms with Gasteiger partial charge in [0.2, 0.25) is 0 Å². The van der Waals surface area contributed by atoms with E-state index in [1.54, 1.807) is 23.1 Å². The molecule has 0 bridgehead atoms. The molecule has 11 heteroatoms. The summed E-state index contributed by atoms with van der Waals surface area (Å²) in [6.45, 7) is 4.77. The van der Waals surface area contributed by atoms with Gasteiger partial charge in [-0.25, -0.2) is 23.2 Å². The first-order valence-electron chi connectivity index (χ1n) is 11.0. The van der Waals surface area contributed by atoms with Crippen LogP contribution in [0.4, 0.5) is 10.5 Å². The number of hydrogen-bond acceptors (Lipinski definition) is 6. The van der Waals surface area contributed by atoms with Gasteiger partial charge >= 0.3 is 6.03 Å². The van der Waals surface area contributed by atoms with Crippen LogP contribution in [0.2, 0.25) is 0 Å². The summed E-state index contributed by atoms with van der Waals surface area (Å²) < 4.78 is 27.1. The van der Waals surface area contributed by atoms with Crippen LogP contribution in [0.15, 0.2) is 47.9 Å². The van der Waals surface area contributed by atoms with Crippen molar-refractivity contribution in [2.24, 2.45) is 17.6 Å². The van der Waals surface area contributed by atoms with Crippen LogP contribution >= 0.6 is 0 Å². The first-order valence-corrected chi connectivity index (χ1v) is 12.5. The third kappa shape index (κ3) is 4.98. The molecule has 3 heterocycles. The van der Waals surface area contributed by atoms with Crippen molar-refractivity contribution in [1.29, 1.82) is 5.41 Å². The number of nitrogens with two attached hydrogens (primary N) is 1. The van der Waals surface area contributed by atoms with E-state index in [1.807, 2.05) is 11.0 Å². The van der Waals surface area contributed by atoms with Gasteiger partial charge in [0.1, 0.15) is 12.2 Å². The minimum atomic E-state index is -3.63. The van der Waals surface area contributed by atoms with E-state index in [0.29, 0.717) is 51.1 Å². The maximum Gasteiger partial charge on any atom is 0.324 e. The number of rotatable bonds is 6. The van der Waals surface area contributed by atoms with Gasteiger partial charge in [-0.05, 0) is 42.9 Å². The van der Waals surface area contributed by atoms with Gasteiger partial charge in [-0.1, -0.05) is 19.1 Å². The van der Waals surface area contributed by atoms with Gasteiger partial charge in [-0.15, -0.1) is 0 Å². The molecule has 10 nitrogen and oxygen atoms in total. The van der Waals surface area contributed by atoms with Gasteiger partial charge in [0.15, 0.2) is 5.03 Å². The minimum absolute atomic E-state index is 0.0133. The Morgan fingerprint density at radius 2 is 1.97 bits per heavy atom. The number of hydrogen-bond donors (Lipinski definition) is 2. The lowest BCUT2D eigenvalue weighted by molar-refractivity contribution is 0.154. The molecule has 2 amide bonds. The highest BCUT2D eigenvalue weighted by molar-refractivity contribution is 7.89. The van der Waals surface area contributed by atoms with Crippen LogP contribution in [-0.4, -0.2) is 72.2 Å². The molecule has 3 N–H and O–H groups in total. The summed E-state index contributed by atoms with van der Waals surface area (Å²) in [5, 5.41) is 7.68. The lowest BCUT2D eigenvalue weighted by Crippen LogP contribution is -2.55. The minimum Gasteiger partial charge on any atom is -0.384 e. The number of nitrogen functional groups attached to an aromatic ring is 1. The Morgan fingerprint density at radius 1 is 1.21 bits per heavy atom. The van der Waals surface area contributed by atoms with Crippen molar-refractivity contribution in [2.45, 2.75) is 24.8 Å². The van der Waals surface area contributed by atoms with E-state index in [9.17, 15) is 13.2 Å². The van der Waals surface area contributed by atoms with Crippen LogP contribution in [0.5, 0.6) is 0 Å². The summed E-state index contributed by atoms with van der Waals surface area (Å²) in [6.07, 6.45) is 4.03. The molecule has 1 aromatic heterocycles. The molecule has 1 atom stereocenters. The molecule has 0 aliphatic carbocycles. The Hall–Kier alpha value is -3.05. The number of carbonyl (C=O) groups is 1. The average molecular weight is 472 g/mol. The summed E-state index contributed by atoms with van der Waals surface area (Å²) in [5.74, 6) is 0.471. The number of urea groups is 1. The van der Waals surface area contributed by atoms with E-state index in [0.717, 1.165) is 5.69 Å². The number of sulfonamides is 1. The number of benzene rings is 1. The van der Waals surface area contributed by atoms with Gasteiger partial charge in [0, 0.05) is 50.2 Å². The summed E-state index contributed by atoms with van der Waals surface area (Å²) in [6, 6.07) is 8.53. The van der Waals surface area contributed by atoms with Crippen molar-refractivity contribution < 1.29 is 13.2 Å². The van der Waals surface area contributed by atoms with E-state index in [4.69, 9.17) is 11.1 Å². The second-order valence-corrected chi connectivity index (χ2v) is 10.6. The van der Waals surface area contributed by atoms with E-state index in [-0.39, 0.29) is 28.7 Å². The molecule has 4 rings (SSSR count). The third-order valence-corrected chi connectivity index (χ3v) is 8.02. The highest BCUT2D eigenvalue weighted by atomic mass is 32.2. The summed E-state index contributed by atoms with van der Waals surface area (Å²) in [4.78, 5) is 24.6. The molecule has 0 spiro atoms.